The summed E-state index contributed by atoms with van der Waals surface area (Å²) in [5.41, 5.74) is 2.40. The van der Waals surface area contributed by atoms with Gasteiger partial charge < -0.3 is 4.90 Å². The van der Waals surface area contributed by atoms with Gasteiger partial charge in [0.15, 0.2) is 5.11 Å². The van der Waals surface area contributed by atoms with Gasteiger partial charge >= 0.3 is 0 Å². The van der Waals surface area contributed by atoms with E-state index in [0.29, 0.717) is 15.7 Å². The van der Waals surface area contributed by atoms with Crippen LogP contribution in [0.4, 0.5) is 11.4 Å². The van der Waals surface area contributed by atoms with E-state index < -0.39 is 11.8 Å². The second kappa shape index (κ2) is 8.38. The largest absolute Gasteiger partial charge is 0.372 e. The second-order valence-electron chi connectivity index (χ2n) is 7.23. The number of halogens is 2. The average molecular weight is 460 g/mol. The van der Waals surface area contributed by atoms with Gasteiger partial charge in [0.2, 0.25) is 0 Å². The minimum atomic E-state index is -0.495. The summed E-state index contributed by atoms with van der Waals surface area (Å²) in [7, 11) is 1.55. The van der Waals surface area contributed by atoms with Gasteiger partial charge in [0, 0.05) is 25.8 Å². The molecule has 0 aliphatic carbocycles. The summed E-state index contributed by atoms with van der Waals surface area (Å²) in [4.78, 5) is 30.9. The van der Waals surface area contributed by atoms with Gasteiger partial charge in [0.25, 0.3) is 11.8 Å². The van der Waals surface area contributed by atoms with E-state index in [1.54, 1.807) is 31.3 Å². The fourth-order valence-electron chi connectivity index (χ4n) is 3.62. The first-order chi connectivity index (χ1) is 14.4. The van der Waals surface area contributed by atoms with E-state index in [1.807, 2.05) is 24.3 Å². The fourth-order valence-corrected chi connectivity index (χ4v) is 4.18. The van der Waals surface area contributed by atoms with E-state index in [4.69, 9.17) is 35.4 Å². The quantitative estimate of drug-likeness (QED) is 0.376. The zero-order valence-corrected chi connectivity index (χ0v) is 18.6. The molecule has 0 radical (unpaired) electrons. The molecule has 2 heterocycles. The Bertz CT molecular complexity index is 1060. The summed E-state index contributed by atoms with van der Waals surface area (Å²) in [6.45, 7) is 2.11. The Morgan fingerprint density at radius 1 is 0.900 bits per heavy atom. The highest BCUT2D eigenvalue weighted by atomic mass is 35.5. The monoisotopic (exact) mass is 459 g/mol. The Kier molecular flexibility index (Phi) is 5.82. The molecular weight excluding hydrogens is 441 g/mol. The van der Waals surface area contributed by atoms with Crippen molar-refractivity contribution >= 4 is 69.8 Å². The van der Waals surface area contributed by atoms with Gasteiger partial charge in [-0.25, -0.2) is 0 Å². The number of nitrogens with zero attached hydrogens (tertiary/aromatic N) is 3. The van der Waals surface area contributed by atoms with Crippen molar-refractivity contribution in [1.29, 1.82) is 0 Å². The van der Waals surface area contributed by atoms with Crippen molar-refractivity contribution in [3.63, 3.8) is 0 Å². The van der Waals surface area contributed by atoms with Crippen LogP contribution in [-0.4, -0.2) is 42.0 Å². The van der Waals surface area contributed by atoms with Crippen LogP contribution >= 0.6 is 35.4 Å². The van der Waals surface area contributed by atoms with E-state index in [-0.39, 0.29) is 10.7 Å². The zero-order chi connectivity index (χ0) is 21.4. The Labute approximate surface area is 190 Å². The number of thiocarbonyl (C=S) groups is 1. The number of amides is 2. The number of anilines is 2. The average Bonchev–Trinajstić information content (AvgIpc) is 3.28. The van der Waals surface area contributed by atoms with Crippen molar-refractivity contribution in [3.05, 3.63) is 63.6 Å². The molecule has 0 bridgehead atoms. The van der Waals surface area contributed by atoms with Crippen LogP contribution in [0.2, 0.25) is 10.0 Å². The summed E-state index contributed by atoms with van der Waals surface area (Å²) in [6, 6.07) is 12.6. The Morgan fingerprint density at radius 2 is 1.53 bits per heavy atom. The molecular formula is C22H19Cl2N3O2S. The summed E-state index contributed by atoms with van der Waals surface area (Å²) in [5, 5.41) is 0.756. The van der Waals surface area contributed by atoms with Crippen LogP contribution in [0.15, 0.2) is 48.0 Å². The first-order valence-electron chi connectivity index (χ1n) is 9.55. The predicted octanol–water partition coefficient (Wildman–Crippen LogP) is 4.77. The summed E-state index contributed by atoms with van der Waals surface area (Å²) in [5.74, 6) is -0.935. The minimum absolute atomic E-state index is 0.0334. The van der Waals surface area contributed by atoms with Crippen molar-refractivity contribution < 1.29 is 9.59 Å². The van der Waals surface area contributed by atoms with E-state index in [9.17, 15) is 9.59 Å². The maximum atomic E-state index is 13.2. The number of likely N-dealkylation sites (N-methyl/N-ethyl adjacent to an activating group) is 1. The summed E-state index contributed by atoms with van der Waals surface area (Å²) >= 11 is 17.5. The first kappa shape index (κ1) is 20.8. The smallest absolute Gasteiger partial charge is 0.270 e. The van der Waals surface area contributed by atoms with E-state index >= 15 is 0 Å². The van der Waals surface area contributed by atoms with Crippen LogP contribution in [0.3, 0.4) is 0 Å². The molecule has 2 aliphatic heterocycles. The highest BCUT2D eigenvalue weighted by Crippen LogP contribution is 2.31. The molecule has 2 amide bonds. The highest BCUT2D eigenvalue weighted by molar-refractivity contribution is 7.80. The number of hydrogen-bond acceptors (Lipinski definition) is 4. The van der Waals surface area contributed by atoms with Gasteiger partial charge in [-0.2, -0.15) is 0 Å². The molecule has 0 N–H and O–H groups in total. The van der Waals surface area contributed by atoms with Crippen molar-refractivity contribution in [2.24, 2.45) is 0 Å². The number of hydrogen-bond donors (Lipinski definition) is 0. The summed E-state index contributed by atoms with van der Waals surface area (Å²) in [6.07, 6.45) is 4.00. The van der Waals surface area contributed by atoms with Crippen LogP contribution in [0.1, 0.15) is 18.4 Å². The molecule has 5 nitrogen and oxygen atoms in total. The van der Waals surface area contributed by atoms with Gasteiger partial charge in [-0.3, -0.25) is 19.4 Å². The minimum Gasteiger partial charge on any atom is -0.372 e. The number of rotatable bonds is 3. The van der Waals surface area contributed by atoms with Crippen molar-refractivity contribution in [2.45, 2.75) is 12.8 Å². The molecule has 2 saturated heterocycles. The molecule has 0 unspecified atom stereocenters. The van der Waals surface area contributed by atoms with Gasteiger partial charge in [0.05, 0.1) is 15.7 Å². The predicted molar refractivity (Wildman–Crippen MR) is 125 cm³/mol. The topological polar surface area (TPSA) is 43.9 Å². The Balaban J connectivity index is 1.67. The third-order valence-corrected chi connectivity index (χ3v) is 6.48. The maximum absolute atomic E-state index is 13.2. The third-order valence-electron chi connectivity index (χ3n) is 5.28. The zero-order valence-electron chi connectivity index (χ0n) is 16.3. The summed E-state index contributed by atoms with van der Waals surface area (Å²) < 4.78 is 0. The molecule has 0 spiro atoms. The van der Waals surface area contributed by atoms with E-state index in [2.05, 4.69) is 4.90 Å². The molecule has 30 heavy (non-hydrogen) atoms. The first-order valence-corrected chi connectivity index (χ1v) is 10.7. The van der Waals surface area contributed by atoms with Gasteiger partial charge in [0.1, 0.15) is 5.57 Å². The van der Waals surface area contributed by atoms with Crippen LogP contribution < -0.4 is 9.80 Å². The fraction of sp³-hybridized carbons (Fsp3) is 0.227. The van der Waals surface area contributed by atoms with E-state index in [1.165, 1.54) is 22.6 Å². The lowest BCUT2D eigenvalue weighted by Gasteiger charge is -2.34. The lowest BCUT2D eigenvalue weighted by molar-refractivity contribution is -0.127. The second-order valence-corrected chi connectivity index (χ2v) is 8.41. The molecule has 2 aromatic rings. The molecule has 0 atom stereocenters. The van der Waals surface area contributed by atoms with Crippen molar-refractivity contribution in [2.75, 3.05) is 29.9 Å². The highest BCUT2D eigenvalue weighted by Gasteiger charge is 2.38. The van der Waals surface area contributed by atoms with E-state index in [0.717, 1.165) is 24.3 Å². The molecule has 4 rings (SSSR count). The number of benzene rings is 2. The number of carbonyl (C=O) groups excluding carboxylic acids is 2. The molecule has 2 aliphatic rings. The molecule has 8 heteroatoms. The van der Waals surface area contributed by atoms with Crippen LogP contribution in [0.25, 0.3) is 6.08 Å². The van der Waals surface area contributed by atoms with Gasteiger partial charge in [-0.15, -0.1) is 0 Å². The standard InChI is InChI=1S/C22H19Cl2N3O2S/c1-25-20(28)17(12-14-4-6-15(7-5-14)26-10-2-3-11-26)21(29)27(22(25)30)16-8-9-18(23)19(24)13-16/h4-9,12-13H,2-3,10-11H2,1H3/b17-12-. The molecule has 154 valence electrons. The van der Waals surface area contributed by atoms with Crippen molar-refractivity contribution in [3.8, 4) is 0 Å². The maximum Gasteiger partial charge on any atom is 0.270 e. The molecule has 0 aromatic heterocycles. The third kappa shape index (κ3) is 3.83. The molecule has 2 fully saturated rings. The lowest BCUT2D eigenvalue weighted by atomic mass is 10.1. The normalized spacial score (nSPS) is 18.7. The lowest BCUT2D eigenvalue weighted by Crippen LogP contribution is -2.54. The van der Waals surface area contributed by atoms with Crippen LogP contribution in [-0.2, 0) is 9.59 Å². The SMILES string of the molecule is CN1C(=O)/C(=C/c2ccc(N3CCCC3)cc2)C(=O)N(c2ccc(Cl)c(Cl)c2)C1=S. The molecule has 0 saturated carbocycles. The Hall–Kier alpha value is -2.41. The van der Waals surface area contributed by atoms with Crippen molar-refractivity contribution in [1.82, 2.24) is 4.90 Å². The van der Waals surface area contributed by atoms with Crippen LogP contribution in [0.5, 0.6) is 0 Å². The Morgan fingerprint density at radius 3 is 2.17 bits per heavy atom. The van der Waals surface area contributed by atoms with Gasteiger partial charge in [-0.1, -0.05) is 35.3 Å². The number of carbonyl (C=O) groups is 2. The van der Waals surface area contributed by atoms with Crippen LogP contribution in [0, 0.1) is 0 Å². The molecule has 2 aromatic carbocycles. The van der Waals surface area contributed by atoms with Gasteiger partial charge in [-0.05, 0) is 67.0 Å².